The molecule has 1 fully saturated rings. The fourth-order valence-electron chi connectivity index (χ4n) is 5.30. The highest BCUT2D eigenvalue weighted by molar-refractivity contribution is 7.89. The van der Waals surface area contributed by atoms with Gasteiger partial charge >= 0.3 is 0 Å². The van der Waals surface area contributed by atoms with Gasteiger partial charge in [0.05, 0.1) is 25.2 Å². The third-order valence-corrected chi connectivity index (χ3v) is 9.77. The molecule has 1 heterocycles. The van der Waals surface area contributed by atoms with E-state index in [1.165, 1.54) is 33.5 Å². The molecule has 246 valence electrons. The van der Waals surface area contributed by atoms with Gasteiger partial charge in [-0.05, 0) is 59.5 Å². The van der Waals surface area contributed by atoms with Gasteiger partial charge in [-0.2, -0.15) is 4.31 Å². The second-order valence-electron chi connectivity index (χ2n) is 11.0. The average molecular weight is 658 g/mol. The fourth-order valence-corrected chi connectivity index (χ4v) is 6.71. The Morgan fingerprint density at radius 3 is 2.09 bits per heavy atom. The molecule has 1 atom stereocenters. The summed E-state index contributed by atoms with van der Waals surface area (Å²) in [5.74, 6) is 0.268. The molecule has 2 amide bonds. The molecule has 11 heteroatoms. The van der Waals surface area contributed by atoms with Crippen LogP contribution in [0.5, 0.6) is 11.5 Å². The van der Waals surface area contributed by atoms with Crippen LogP contribution in [0, 0.1) is 0 Å². The maximum absolute atomic E-state index is 14.0. The van der Waals surface area contributed by atoms with E-state index in [0.717, 1.165) is 11.1 Å². The summed E-state index contributed by atoms with van der Waals surface area (Å²) in [6.07, 6.45) is 0.640. The van der Waals surface area contributed by atoms with Gasteiger partial charge in [0.2, 0.25) is 15.9 Å². The molecule has 1 N–H and O–H groups in total. The van der Waals surface area contributed by atoms with Crippen LogP contribution in [0.25, 0.3) is 0 Å². The van der Waals surface area contributed by atoms with Gasteiger partial charge in [0.15, 0.2) is 6.61 Å². The SMILES string of the molecule is COc1ccc(CN(C(=O)COc2ccc(S(=O)(=O)N3CCOCC3)cc2)C(C(=O)NCCc2ccccc2)c2ccccc2)cc1. The molecule has 4 aromatic carbocycles. The quantitative estimate of drug-likeness (QED) is 0.216. The van der Waals surface area contributed by atoms with Crippen LogP contribution in [0.15, 0.2) is 114 Å². The number of benzene rings is 4. The largest absolute Gasteiger partial charge is 0.497 e. The molecule has 1 aliphatic heterocycles. The minimum Gasteiger partial charge on any atom is -0.497 e. The van der Waals surface area contributed by atoms with Crippen molar-refractivity contribution in [2.75, 3.05) is 46.6 Å². The number of nitrogens with zero attached hydrogens (tertiary/aromatic N) is 2. The van der Waals surface area contributed by atoms with Crippen molar-refractivity contribution in [3.63, 3.8) is 0 Å². The van der Waals surface area contributed by atoms with E-state index in [1.807, 2.05) is 72.8 Å². The van der Waals surface area contributed by atoms with Crippen LogP contribution in [0.3, 0.4) is 0 Å². The molecule has 1 unspecified atom stereocenters. The highest BCUT2D eigenvalue weighted by Crippen LogP contribution is 2.26. The number of amides is 2. The van der Waals surface area contributed by atoms with E-state index < -0.39 is 22.0 Å². The van der Waals surface area contributed by atoms with E-state index in [2.05, 4.69) is 5.32 Å². The molecule has 0 aromatic heterocycles. The Kier molecular flexibility index (Phi) is 11.6. The number of rotatable bonds is 14. The summed E-state index contributed by atoms with van der Waals surface area (Å²) in [4.78, 5) is 29.5. The van der Waals surface area contributed by atoms with E-state index in [4.69, 9.17) is 14.2 Å². The summed E-state index contributed by atoms with van der Waals surface area (Å²) in [6, 6.07) is 31.4. The van der Waals surface area contributed by atoms with Crippen LogP contribution in [0.1, 0.15) is 22.7 Å². The second-order valence-corrected chi connectivity index (χ2v) is 12.9. The minimum absolute atomic E-state index is 0.134. The Labute approximate surface area is 275 Å². The Morgan fingerprint density at radius 1 is 0.830 bits per heavy atom. The Bertz CT molecular complexity index is 1700. The van der Waals surface area contributed by atoms with Crippen LogP contribution >= 0.6 is 0 Å². The summed E-state index contributed by atoms with van der Waals surface area (Å²) in [5.41, 5.74) is 2.55. The third-order valence-electron chi connectivity index (χ3n) is 7.86. The lowest BCUT2D eigenvalue weighted by atomic mass is 10.0. The van der Waals surface area contributed by atoms with E-state index >= 15 is 0 Å². The topological polar surface area (TPSA) is 114 Å². The van der Waals surface area contributed by atoms with Crippen LogP contribution in [-0.4, -0.2) is 76.0 Å². The number of methoxy groups -OCH3 is 1. The summed E-state index contributed by atoms with van der Waals surface area (Å²) in [7, 11) is -2.09. The summed E-state index contributed by atoms with van der Waals surface area (Å²) in [5, 5.41) is 3.03. The number of sulfonamides is 1. The lowest BCUT2D eigenvalue weighted by molar-refractivity contribution is -0.143. The molecule has 1 saturated heterocycles. The number of carbonyl (C=O) groups is 2. The van der Waals surface area contributed by atoms with Crippen LogP contribution in [0.4, 0.5) is 0 Å². The van der Waals surface area contributed by atoms with Crippen molar-refractivity contribution >= 4 is 21.8 Å². The predicted octanol–water partition coefficient (Wildman–Crippen LogP) is 4.22. The van der Waals surface area contributed by atoms with Crippen LogP contribution in [-0.2, 0) is 37.3 Å². The molecule has 0 saturated carbocycles. The van der Waals surface area contributed by atoms with Crippen LogP contribution in [0.2, 0.25) is 0 Å². The highest BCUT2D eigenvalue weighted by atomic mass is 32.2. The smallest absolute Gasteiger partial charge is 0.261 e. The molecule has 4 aromatic rings. The zero-order valence-electron chi connectivity index (χ0n) is 26.3. The first kappa shape index (κ1) is 33.6. The number of hydrogen-bond donors (Lipinski definition) is 1. The van der Waals surface area contributed by atoms with Gasteiger partial charge in [-0.1, -0.05) is 72.8 Å². The van der Waals surface area contributed by atoms with E-state index in [0.29, 0.717) is 56.3 Å². The van der Waals surface area contributed by atoms with E-state index in [9.17, 15) is 18.0 Å². The first-order chi connectivity index (χ1) is 22.8. The zero-order chi connectivity index (χ0) is 33.1. The summed E-state index contributed by atoms with van der Waals surface area (Å²) >= 11 is 0. The molecule has 0 aliphatic carbocycles. The molecule has 1 aliphatic rings. The fraction of sp³-hybridized carbons (Fsp3) is 0.278. The van der Waals surface area contributed by atoms with Crippen molar-refractivity contribution in [1.82, 2.24) is 14.5 Å². The number of ether oxygens (including phenoxy) is 3. The standard InChI is InChI=1S/C36H39N3O7S/c1-44-31-14-12-29(13-15-31)26-39(35(30-10-6-3-7-11-30)36(41)37-21-20-28-8-4-2-5-9-28)34(40)27-46-32-16-18-33(19-17-32)47(42,43)38-22-24-45-25-23-38/h2-19,35H,20-27H2,1H3,(H,37,41). The number of morpholine rings is 1. The van der Waals surface area contributed by atoms with Crippen molar-refractivity contribution in [2.24, 2.45) is 0 Å². The first-order valence-corrected chi connectivity index (χ1v) is 16.9. The zero-order valence-corrected chi connectivity index (χ0v) is 27.1. The van der Waals surface area contributed by atoms with Crippen molar-refractivity contribution in [3.05, 3.63) is 126 Å². The van der Waals surface area contributed by atoms with Gasteiger partial charge < -0.3 is 24.4 Å². The van der Waals surface area contributed by atoms with E-state index in [-0.39, 0.29) is 24.0 Å². The maximum atomic E-state index is 14.0. The molecule has 5 rings (SSSR count). The van der Waals surface area contributed by atoms with E-state index in [1.54, 1.807) is 19.2 Å². The normalized spacial score (nSPS) is 14.1. The first-order valence-electron chi connectivity index (χ1n) is 15.4. The van der Waals surface area contributed by atoms with Crippen LogP contribution < -0.4 is 14.8 Å². The number of hydrogen-bond acceptors (Lipinski definition) is 7. The van der Waals surface area contributed by atoms with Gasteiger partial charge in [-0.15, -0.1) is 0 Å². The summed E-state index contributed by atoms with van der Waals surface area (Å²) < 4.78 is 43.9. The van der Waals surface area contributed by atoms with Gasteiger partial charge in [0.1, 0.15) is 17.5 Å². The molecular formula is C36H39N3O7S. The molecule has 0 spiro atoms. The van der Waals surface area contributed by atoms with Gasteiger partial charge in [0, 0.05) is 26.2 Å². The van der Waals surface area contributed by atoms with Crippen molar-refractivity contribution in [3.8, 4) is 11.5 Å². The Morgan fingerprint density at radius 2 is 1.45 bits per heavy atom. The average Bonchev–Trinajstić information content (AvgIpc) is 3.12. The molecule has 0 bridgehead atoms. The minimum atomic E-state index is -3.67. The lowest BCUT2D eigenvalue weighted by Crippen LogP contribution is -2.45. The number of carbonyl (C=O) groups excluding carboxylic acids is 2. The third kappa shape index (κ3) is 8.97. The Balaban J connectivity index is 1.35. The van der Waals surface area contributed by atoms with Crippen molar-refractivity contribution < 1.29 is 32.2 Å². The molecule has 0 radical (unpaired) electrons. The molecular weight excluding hydrogens is 618 g/mol. The predicted molar refractivity (Wildman–Crippen MR) is 177 cm³/mol. The van der Waals surface area contributed by atoms with Crippen molar-refractivity contribution in [1.29, 1.82) is 0 Å². The summed E-state index contributed by atoms with van der Waals surface area (Å²) in [6.45, 7) is 1.45. The Hall–Kier alpha value is -4.71. The van der Waals surface area contributed by atoms with Crippen molar-refractivity contribution in [2.45, 2.75) is 23.9 Å². The molecule has 10 nitrogen and oxygen atoms in total. The van der Waals surface area contributed by atoms with Gasteiger partial charge in [-0.3, -0.25) is 9.59 Å². The maximum Gasteiger partial charge on any atom is 0.261 e. The van der Waals surface area contributed by atoms with Gasteiger partial charge in [-0.25, -0.2) is 8.42 Å². The number of nitrogens with one attached hydrogen (secondary N) is 1. The highest BCUT2D eigenvalue weighted by Gasteiger charge is 2.32. The molecule has 47 heavy (non-hydrogen) atoms. The van der Waals surface area contributed by atoms with Gasteiger partial charge in [0.25, 0.3) is 5.91 Å². The second kappa shape index (κ2) is 16.2. The lowest BCUT2D eigenvalue weighted by Gasteiger charge is -2.31. The monoisotopic (exact) mass is 657 g/mol.